The second-order valence-electron chi connectivity index (χ2n) is 8.88. The summed E-state index contributed by atoms with van der Waals surface area (Å²) >= 11 is 0. The summed E-state index contributed by atoms with van der Waals surface area (Å²) in [5.74, 6) is -5.44. The lowest BCUT2D eigenvalue weighted by Gasteiger charge is -2.27. The van der Waals surface area contributed by atoms with Crippen molar-refractivity contribution in [2.24, 2.45) is 11.8 Å². The molecule has 1 spiro atoms. The van der Waals surface area contributed by atoms with Crippen molar-refractivity contribution >= 4 is 29.1 Å². The van der Waals surface area contributed by atoms with Gasteiger partial charge < -0.3 is 4.74 Å². The van der Waals surface area contributed by atoms with E-state index >= 15 is 0 Å². The van der Waals surface area contributed by atoms with Crippen LogP contribution in [0.1, 0.15) is 37.9 Å². The zero-order valence-corrected chi connectivity index (χ0v) is 18.0. The molecule has 6 nitrogen and oxygen atoms in total. The van der Waals surface area contributed by atoms with E-state index in [2.05, 4.69) is 0 Å². The van der Waals surface area contributed by atoms with Crippen molar-refractivity contribution in [3.8, 4) is 0 Å². The second kappa shape index (κ2) is 7.01. The molecule has 2 fully saturated rings. The molecule has 0 saturated carbocycles. The van der Waals surface area contributed by atoms with Crippen molar-refractivity contribution in [2.45, 2.75) is 18.6 Å². The van der Waals surface area contributed by atoms with Gasteiger partial charge in [0.2, 0.25) is 29.0 Å². The molecular formula is C27H18FNO5. The van der Waals surface area contributed by atoms with Gasteiger partial charge in [-0.2, -0.15) is 0 Å². The number of imide groups is 1. The Bertz CT molecular complexity index is 1360. The maximum absolute atomic E-state index is 13.7. The third-order valence-corrected chi connectivity index (χ3v) is 7.01. The van der Waals surface area contributed by atoms with E-state index in [-0.39, 0.29) is 16.8 Å². The summed E-state index contributed by atoms with van der Waals surface area (Å²) in [6.07, 6.45) is -0.977. The van der Waals surface area contributed by atoms with E-state index < -0.39 is 52.7 Å². The van der Waals surface area contributed by atoms with E-state index in [0.717, 1.165) is 22.6 Å². The molecule has 2 amide bonds. The van der Waals surface area contributed by atoms with Gasteiger partial charge in [-0.25, -0.2) is 9.29 Å². The molecule has 0 unspecified atom stereocenters. The molecule has 1 aliphatic carbocycles. The van der Waals surface area contributed by atoms with E-state index in [1.54, 1.807) is 24.3 Å². The maximum Gasteiger partial charge on any atom is 0.241 e. The fraction of sp³-hybridized carbons (Fsp3) is 0.185. The summed E-state index contributed by atoms with van der Waals surface area (Å²) < 4.78 is 19.7. The predicted molar refractivity (Wildman–Crippen MR) is 119 cm³/mol. The number of Topliss-reactive ketones (excluding diaryl/α,β-unsaturated/α-hetero) is 2. The number of halogens is 1. The van der Waals surface area contributed by atoms with Crippen molar-refractivity contribution < 1.29 is 28.3 Å². The first-order valence-corrected chi connectivity index (χ1v) is 10.9. The Morgan fingerprint density at radius 1 is 0.794 bits per heavy atom. The maximum atomic E-state index is 13.7. The minimum atomic E-state index is -2.12. The predicted octanol–water partition coefficient (Wildman–Crippen LogP) is 3.83. The summed E-state index contributed by atoms with van der Waals surface area (Å²) in [5, 5.41) is 0. The number of fused-ring (bicyclic) bond motifs is 3. The van der Waals surface area contributed by atoms with Crippen LogP contribution < -0.4 is 4.90 Å². The molecule has 2 saturated heterocycles. The highest BCUT2D eigenvalue weighted by atomic mass is 19.1. The molecule has 0 radical (unpaired) electrons. The fourth-order valence-corrected chi connectivity index (χ4v) is 5.42. The van der Waals surface area contributed by atoms with Gasteiger partial charge in [-0.05, 0) is 36.8 Å². The summed E-state index contributed by atoms with van der Waals surface area (Å²) in [5.41, 5.74) is -0.0104. The first-order chi connectivity index (χ1) is 16.3. The topological polar surface area (TPSA) is 80.8 Å². The summed E-state index contributed by atoms with van der Waals surface area (Å²) in [6.45, 7) is 1.91. The van der Waals surface area contributed by atoms with Crippen molar-refractivity contribution in [2.75, 3.05) is 4.90 Å². The number of carbonyl (C=O) groups is 4. The Kier molecular flexibility index (Phi) is 4.25. The Morgan fingerprint density at radius 3 is 1.97 bits per heavy atom. The lowest BCUT2D eigenvalue weighted by atomic mass is 9.77. The van der Waals surface area contributed by atoms with Gasteiger partial charge in [0.05, 0.1) is 23.6 Å². The highest BCUT2D eigenvalue weighted by Crippen LogP contribution is 2.57. The molecule has 0 aromatic heterocycles. The molecule has 34 heavy (non-hydrogen) atoms. The molecule has 168 valence electrons. The van der Waals surface area contributed by atoms with Crippen molar-refractivity contribution in [1.29, 1.82) is 0 Å². The van der Waals surface area contributed by atoms with Crippen LogP contribution in [0, 0.1) is 24.6 Å². The molecule has 3 atom stereocenters. The van der Waals surface area contributed by atoms with Gasteiger partial charge in [-0.3, -0.25) is 19.2 Å². The van der Waals surface area contributed by atoms with Crippen molar-refractivity contribution in [1.82, 2.24) is 0 Å². The Labute approximate surface area is 193 Å². The Balaban J connectivity index is 1.54. The van der Waals surface area contributed by atoms with E-state index in [0.29, 0.717) is 5.56 Å². The SMILES string of the molecule is Cc1ccc([C@@H]2OC3(C(=O)c4ccccc4C3=O)[C@H]3C(=O)N(c4ccc(F)cc4)C(=O)[C@@H]23)cc1. The fourth-order valence-electron chi connectivity index (χ4n) is 5.42. The third kappa shape index (κ3) is 2.53. The molecule has 0 N–H and O–H groups in total. The van der Waals surface area contributed by atoms with Gasteiger partial charge in [0.25, 0.3) is 0 Å². The number of ether oxygens (including phenoxy) is 1. The number of anilines is 1. The molecule has 3 aromatic carbocycles. The number of rotatable bonds is 2. The molecule has 2 heterocycles. The van der Waals surface area contributed by atoms with Crippen LogP contribution >= 0.6 is 0 Å². The molecule has 3 aromatic rings. The number of nitrogens with zero attached hydrogens (tertiary/aromatic N) is 1. The summed E-state index contributed by atoms with van der Waals surface area (Å²) in [6, 6.07) is 18.5. The first kappa shape index (κ1) is 20.6. The molecule has 2 aliphatic heterocycles. The Morgan fingerprint density at radius 2 is 1.38 bits per heavy atom. The second-order valence-corrected chi connectivity index (χ2v) is 8.88. The van der Waals surface area contributed by atoms with E-state index in [9.17, 15) is 23.6 Å². The Hall–Kier alpha value is -3.97. The molecule has 6 rings (SSSR count). The van der Waals surface area contributed by atoms with Gasteiger partial charge in [0, 0.05) is 11.1 Å². The number of benzene rings is 3. The number of aryl methyl sites for hydroxylation is 1. The van der Waals surface area contributed by atoms with Gasteiger partial charge in [-0.1, -0.05) is 54.1 Å². The number of hydrogen-bond donors (Lipinski definition) is 0. The molecular weight excluding hydrogens is 437 g/mol. The zero-order chi connectivity index (χ0) is 23.8. The van der Waals surface area contributed by atoms with E-state index in [1.165, 1.54) is 24.3 Å². The quantitative estimate of drug-likeness (QED) is 0.433. The van der Waals surface area contributed by atoms with Crippen LogP contribution in [-0.2, 0) is 14.3 Å². The molecule has 0 bridgehead atoms. The smallest absolute Gasteiger partial charge is 0.241 e. The lowest BCUT2D eigenvalue weighted by Crippen LogP contribution is -2.51. The van der Waals surface area contributed by atoms with Crippen LogP contribution in [0.4, 0.5) is 10.1 Å². The third-order valence-electron chi connectivity index (χ3n) is 7.01. The van der Waals surface area contributed by atoms with Crippen LogP contribution in [0.2, 0.25) is 0 Å². The summed E-state index contributed by atoms with van der Waals surface area (Å²) in [4.78, 5) is 55.7. The first-order valence-electron chi connectivity index (χ1n) is 10.9. The molecule has 3 aliphatic rings. The highest BCUT2D eigenvalue weighted by Gasteiger charge is 2.74. The average Bonchev–Trinajstić information content (AvgIpc) is 3.40. The monoisotopic (exact) mass is 455 g/mol. The van der Waals surface area contributed by atoms with Crippen LogP contribution in [0.5, 0.6) is 0 Å². The highest BCUT2D eigenvalue weighted by molar-refractivity contribution is 6.37. The number of carbonyl (C=O) groups excluding carboxylic acids is 4. The largest absolute Gasteiger partial charge is 0.349 e. The van der Waals surface area contributed by atoms with Gasteiger partial charge in [0.15, 0.2) is 0 Å². The molecule has 7 heteroatoms. The van der Waals surface area contributed by atoms with Gasteiger partial charge in [0.1, 0.15) is 5.82 Å². The van der Waals surface area contributed by atoms with Gasteiger partial charge >= 0.3 is 0 Å². The van der Waals surface area contributed by atoms with Crippen LogP contribution in [-0.4, -0.2) is 29.0 Å². The van der Waals surface area contributed by atoms with Crippen LogP contribution in [0.15, 0.2) is 72.8 Å². The van der Waals surface area contributed by atoms with Crippen LogP contribution in [0.3, 0.4) is 0 Å². The minimum absolute atomic E-state index is 0.177. The van der Waals surface area contributed by atoms with E-state index in [1.807, 2.05) is 19.1 Å². The number of amides is 2. The summed E-state index contributed by atoms with van der Waals surface area (Å²) in [7, 11) is 0. The number of ketones is 2. The van der Waals surface area contributed by atoms with Crippen molar-refractivity contribution in [3.05, 3.63) is 101 Å². The normalized spacial score (nSPS) is 24.8. The van der Waals surface area contributed by atoms with E-state index in [4.69, 9.17) is 4.74 Å². The van der Waals surface area contributed by atoms with Crippen molar-refractivity contribution in [3.63, 3.8) is 0 Å². The standard InChI is InChI=1S/C27H18FNO5/c1-14-6-8-15(9-7-14)22-20-21(26(33)29(25(20)32)17-12-10-16(28)11-13-17)27(34-22)23(30)18-4-2-3-5-19(18)24(27)31/h2-13,20-22H,1H3/t20-,21-,22+/m1/s1. The van der Waals surface area contributed by atoms with Crippen LogP contribution in [0.25, 0.3) is 0 Å². The van der Waals surface area contributed by atoms with Gasteiger partial charge in [-0.15, -0.1) is 0 Å². The minimum Gasteiger partial charge on any atom is -0.349 e. The lowest BCUT2D eigenvalue weighted by molar-refractivity contribution is -0.127. The zero-order valence-electron chi connectivity index (χ0n) is 18.0. The number of hydrogen-bond acceptors (Lipinski definition) is 5. The average molecular weight is 455 g/mol.